The normalized spacial score (nSPS) is 16.4. The summed E-state index contributed by atoms with van der Waals surface area (Å²) in [6.07, 6.45) is 6.23. The molecule has 1 aliphatic heterocycles. The van der Waals surface area contributed by atoms with Gasteiger partial charge in [-0.3, -0.25) is 14.5 Å². The van der Waals surface area contributed by atoms with Gasteiger partial charge in [0.15, 0.2) is 0 Å². The topological polar surface area (TPSA) is 49.4 Å². The van der Waals surface area contributed by atoms with Gasteiger partial charge in [-0.2, -0.15) is 0 Å². The maximum absolute atomic E-state index is 12.4. The van der Waals surface area contributed by atoms with Crippen LogP contribution < -0.4 is 10.2 Å². The molecule has 1 unspecified atom stereocenters. The number of benzene rings is 2. The summed E-state index contributed by atoms with van der Waals surface area (Å²) >= 11 is 1.62. The highest BCUT2D eigenvalue weighted by atomic mass is 32.2. The summed E-state index contributed by atoms with van der Waals surface area (Å²) in [6.45, 7) is 2.19. The monoisotopic (exact) mass is 396 g/mol. The Hall–Kier alpha value is -2.27. The van der Waals surface area contributed by atoms with E-state index in [1.54, 1.807) is 11.8 Å². The maximum Gasteiger partial charge on any atom is 0.238 e. The van der Waals surface area contributed by atoms with Gasteiger partial charge in [0.25, 0.3) is 0 Å². The summed E-state index contributed by atoms with van der Waals surface area (Å²) < 4.78 is 0. The van der Waals surface area contributed by atoms with E-state index in [0.29, 0.717) is 12.2 Å². The van der Waals surface area contributed by atoms with Crippen molar-refractivity contribution in [3.05, 3.63) is 60.2 Å². The van der Waals surface area contributed by atoms with Crippen LogP contribution in [0.1, 0.15) is 56.4 Å². The molecule has 0 spiro atoms. The molecule has 4 nitrogen and oxygen atoms in total. The van der Waals surface area contributed by atoms with Crippen LogP contribution in [0.2, 0.25) is 0 Å². The third-order valence-corrected chi connectivity index (χ3v) is 6.08. The quantitative estimate of drug-likeness (QED) is 0.548. The number of amides is 2. The average Bonchev–Trinajstić information content (AvgIpc) is 3.10. The van der Waals surface area contributed by atoms with Crippen LogP contribution in [-0.4, -0.2) is 17.6 Å². The van der Waals surface area contributed by atoms with Crippen LogP contribution in [0.3, 0.4) is 0 Å². The van der Waals surface area contributed by atoms with E-state index in [1.807, 2.05) is 59.5 Å². The average molecular weight is 397 g/mol. The first-order valence-electron chi connectivity index (χ1n) is 10.1. The van der Waals surface area contributed by atoms with E-state index < -0.39 is 0 Å². The summed E-state index contributed by atoms with van der Waals surface area (Å²) in [5, 5.41) is 2.94. The number of carbonyl (C=O) groups is 2. The van der Waals surface area contributed by atoms with Gasteiger partial charge < -0.3 is 5.32 Å². The van der Waals surface area contributed by atoms with Crippen molar-refractivity contribution in [1.82, 2.24) is 0 Å². The minimum Gasteiger partial charge on any atom is -0.326 e. The predicted molar refractivity (Wildman–Crippen MR) is 118 cm³/mol. The number of unbranched alkanes of at least 4 members (excludes halogenated alkanes) is 4. The zero-order valence-electron chi connectivity index (χ0n) is 16.4. The van der Waals surface area contributed by atoms with Crippen LogP contribution in [0, 0.1) is 0 Å². The lowest BCUT2D eigenvalue weighted by Crippen LogP contribution is -2.27. The third kappa shape index (κ3) is 5.38. The minimum absolute atomic E-state index is 0.0590. The Morgan fingerprint density at radius 2 is 1.86 bits per heavy atom. The molecule has 2 aromatic carbocycles. The van der Waals surface area contributed by atoms with Gasteiger partial charge >= 0.3 is 0 Å². The molecule has 1 heterocycles. The van der Waals surface area contributed by atoms with Crippen LogP contribution in [0.25, 0.3) is 0 Å². The van der Waals surface area contributed by atoms with Gasteiger partial charge in [-0.1, -0.05) is 62.9 Å². The summed E-state index contributed by atoms with van der Waals surface area (Å²) in [6, 6.07) is 17.6. The highest BCUT2D eigenvalue weighted by Gasteiger charge is 2.34. The number of nitrogens with one attached hydrogen (secondary N) is 1. The molecule has 0 aliphatic carbocycles. The molecule has 2 aromatic rings. The van der Waals surface area contributed by atoms with Crippen LogP contribution in [0.4, 0.5) is 11.4 Å². The third-order valence-electron chi connectivity index (χ3n) is 4.87. The first-order valence-corrected chi connectivity index (χ1v) is 11.1. The number of anilines is 2. The number of hydrogen-bond acceptors (Lipinski definition) is 3. The van der Waals surface area contributed by atoms with Crippen molar-refractivity contribution in [2.45, 2.75) is 50.8 Å². The zero-order chi connectivity index (χ0) is 19.8. The second kappa shape index (κ2) is 10.3. The van der Waals surface area contributed by atoms with Crippen LogP contribution >= 0.6 is 11.8 Å². The molecule has 5 heteroatoms. The highest BCUT2D eigenvalue weighted by molar-refractivity contribution is 8.00. The maximum atomic E-state index is 12.4. The van der Waals surface area contributed by atoms with Gasteiger partial charge in [0.1, 0.15) is 5.37 Å². The molecule has 148 valence electrons. The van der Waals surface area contributed by atoms with E-state index >= 15 is 0 Å². The largest absolute Gasteiger partial charge is 0.326 e. The van der Waals surface area contributed by atoms with E-state index in [0.717, 1.165) is 29.8 Å². The number of carbonyl (C=O) groups excluding carboxylic acids is 2. The smallest absolute Gasteiger partial charge is 0.238 e. The zero-order valence-corrected chi connectivity index (χ0v) is 17.2. The minimum atomic E-state index is -0.0687. The molecule has 1 saturated heterocycles. The Kier molecular flexibility index (Phi) is 7.54. The van der Waals surface area contributed by atoms with Gasteiger partial charge in [-0.15, -0.1) is 11.8 Å². The molecule has 2 amide bonds. The summed E-state index contributed by atoms with van der Waals surface area (Å²) in [5.41, 5.74) is 2.73. The Morgan fingerprint density at radius 3 is 2.64 bits per heavy atom. The first kappa shape index (κ1) is 20.5. The molecular formula is C23H28N2O2S. The Labute approximate surface area is 171 Å². The van der Waals surface area contributed by atoms with E-state index in [1.165, 1.54) is 19.3 Å². The molecule has 3 rings (SSSR count). The number of para-hydroxylation sites is 1. The molecule has 0 saturated carbocycles. The SMILES string of the molecule is CCCCCCCC(=O)Nc1cccc(C2SCC(=O)N2c2ccccc2)c1. The van der Waals surface area contributed by atoms with E-state index in [-0.39, 0.29) is 17.2 Å². The number of nitrogens with zero attached hydrogens (tertiary/aromatic N) is 1. The summed E-state index contributed by atoms with van der Waals surface area (Å²) in [5.74, 6) is 0.639. The van der Waals surface area contributed by atoms with Gasteiger partial charge in [-0.05, 0) is 36.2 Å². The van der Waals surface area contributed by atoms with Crippen molar-refractivity contribution < 1.29 is 9.59 Å². The van der Waals surface area contributed by atoms with Crippen molar-refractivity contribution in [3.63, 3.8) is 0 Å². The predicted octanol–water partition coefficient (Wildman–Crippen LogP) is 5.76. The van der Waals surface area contributed by atoms with Gasteiger partial charge in [0, 0.05) is 17.8 Å². The fourth-order valence-corrected chi connectivity index (χ4v) is 4.59. The Balaban J connectivity index is 1.64. The summed E-state index contributed by atoms with van der Waals surface area (Å²) in [4.78, 5) is 26.5. The lowest BCUT2D eigenvalue weighted by atomic mass is 10.1. The fourth-order valence-electron chi connectivity index (χ4n) is 3.42. The second-order valence-electron chi connectivity index (χ2n) is 7.10. The Bertz CT molecular complexity index is 794. The number of thioether (sulfide) groups is 1. The molecule has 28 heavy (non-hydrogen) atoms. The first-order chi connectivity index (χ1) is 13.7. The van der Waals surface area contributed by atoms with Gasteiger partial charge in [0.2, 0.25) is 11.8 Å². The van der Waals surface area contributed by atoms with Crippen molar-refractivity contribution >= 4 is 35.0 Å². The molecule has 0 radical (unpaired) electrons. The van der Waals surface area contributed by atoms with Crippen molar-refractivity contribution in [2.24, 2.45) is 0 Å². The number of hydrogen-bond donors (Lipinski definition) is 1. The lowest BCUT2D eigenvalue weighted by molar-refractivity contribution is -0.117. The molecule has 1 N–H and O–H groups in total. The molecule has 0 bridgehead atoms. The standard InChI is InChI=1S/C23H28N2O2S/c1-2-3-4-5-9-15-21(26)24-19-12-10-11-18(16-19)23-25(22(27)17-28-23)20-13-7-6-8-14-20/h6-8,10-14,16,23H,2-5,9,15,17H2,1H3,(H,24,26). The molecular weight excluding hydrogens is 368 g/mol. The van der Waals surface area contributed by atoms with Crippen LogP contribution in [-0.2, 0) is 9.59 Å². The highest BCUT2D eigenvalue weighted by Crippen LogP contribution is 2.42. The van der Waals surface area contributed by atoms with Crippen molar-refractivity contribution in [3.8, 4) is 0 Å². The number of rotatable bonds is 9. The van der Waals surface area contributed by atoms with E-state index in [4.69, 9.17) is 0 Å². The summed E-state index contributed by atoms with van der Waals surface area (Å²) in [7, 11) is 0. The Morgan fingerprint density at radius 1 is 1.07 bits per heavy atom. The lowest BCUT2D eigenvalue weighted by Gasteiger charge is -2.24. The molecule has 1 aliphatic rings. The van der Waals surface area contributed by atoms with Gasteiger partial charge in [-0.25, -0.2) is 0 Å². The van der Waals surface area contributed by atoms with Gasteiger partial charge in [0.05, 0.1) is 5.75 Å². The fraction of sp³-hybridized carbons (Fsp3) is 0.391. The van der Waals surface area contributed by atoms with E-state index in [9.17, 15) is 9.59 Å². The van der Waals surface area contributed by atoms with Crippen molar-refractivity contribution in [2.75, 3.05) is 16.0 Å². The molecule has 0 aromatic heterocycles. The molecule has 1 atom stereocenters. The van der Waals surface area contributed by atoms with E-state index in [2.05, 4.69) is 12.2 Å². The van der Waals surface area contributed by atoms with Crippen LogP contribution in [0.15, 0.2) is 54.6 Å². The second-order valence-corrected chi connectivity index (χ2v) is 8.17. The van der Waals surface area contributed by atoms with Crippen molar-refractivity contribution in [1.29, 1.82) is 0 Å². The van der Waals surface area contributed by atoms with Crippen LogP contribution in [0.5, 0.6) is 0 Å². The molecule has 1 fully saturated rings.